The summed E-state index contributed by atoms with van der Waals surface area (Å²) >= 11 is 0. The highest BCUT2D eigenvalue weighted by molar-refractivity contribution is 5.69. The maximum atomic E-state index is 10.4. The number of hydrogen-bond acceptors (Lipinski definition) is 1. The van der Waals surface area contributed by atoms with Crippen molar-refractivity contribution >= 4 is 5.97 Å². The minimum atomic E-state index is -0.680. The number of carbonyl (C=O) groups is 1. The van der Waals surface area contributed by atoms with Gasteiger partial charge in [-0.15, -0.1) is 0 Å². The van der Waals surface area contributed by atoms with Crippen LogP contribution in [0, 0.1) is 11.8 Å². The zero-order valence-electron chi connectivity index (χ0n) is 6.92. The number of carboxylic acids is 1. The lowest BCUT2D eigenvalue weighted by Crippen LogP contribution is -2.12. The van der Waals surface area contributed by atoms with Crippen molar-refractivity contribution in [1.82, 2.24) is 0 Å². The molecular formula is C8H16O2. The van der Waals surface area contributed by atoms with Crippen molar-refractivity contribution in [2.45, 2.75) is 33.6 Å². The summed E-state index contributed by atoms with van der Waals surface area (Å²) in [5, 5.41) is 8.53. The van der Waals surface area contributed by atoms with Crippen LogP contribution in [-0.4, -0.2) is 11.1 Å². The maximum Gasteiger partial charge on any atom is 0.306 e. The van der Waals surface area contributed by atoms with E-state index in [9.17, 15) is 4.79 Å². The molecule has 0 rings (SSSR count). The molecule has 0 fully saturated rings. The zero-order chi connectivity index (χ0) is 8.15. The third kappa shape index (κ3) is 3.49. The fourth-order valence-electron chi connectivity index (χ4n) is 0.871. The number of hydrogen-bond donors (Lipinski definition) is 1. The van der Waals surface area contributed by atoms with Crippen molar-refractivity contribution in [2.75, 3.05) is 0 Å². The molecule has 10 heavy (non-hydrogen) atoms. The molecular weight excluding hydrogens is 128 g/mol. The first-order valence-electron chi connectivity index (χ1n) is 3.80. The van der Waals surface area contributed by atoms with E-state index in [1.54, 1.807) is 6.92 Å². The van der Waals surface area contributed by atoms with Gasteiger partial charge in [-0.3, -0.25) is 4.79 Å². The van der Waals surface area contributed by atoms with E-state index in [0.29, 0.717) is 5.92 Å². The molecule has 0 bridgehead atoms. The SMILES string of the molecule is CC[C@H](C)CC(C)C(=O)O. The fraction of sp³-hybridized carbons (Fsp3) is 0.875. The average Bonchev–Trinajstić information content (AvgIpc) is 1.87. The quantitative estimate of drug-likeness (QED) is 0.656. The third-order valence-corrected chi connectivity index (χ3v) is 1.87. The van der Waals surface area contributed by atoms with Gasteiger partial charge in [0.05, 0.1) is 5.92 Å². The Labute approximate surface area is 62.2 Å². The van der Waals surface area contributed by atoms with Crippen LogP contribution in [0.2, 0.25) is 0 Å². The van der Waals surface area contributed by atoms with Gasteiger partial charge in [0.25, 0.3) is 0 Å². The molecule has 0 amide bonds. The molecule has 0 radical (unpaired) electrons. The van der Waals surface area contributed by atoms with Crippen LogP contribution in [0.3, 0.4) is 0 Å². The summed E-state index contributed by atoms with van der Waals surface area (Å²) in [6.45, 7) is 5.92. The van der Waals surface area contributed by atoms with Gasteiger partial charge in [-0.05, 0) is 12.3 Å². The van der Waals surface area contributed by atoms with Crippen molar-refractivity contribution in [3.8, 4) is 0 Å². The van der Waals surface area contributed by atoms with Crippen LogP contribution in [0.5, 0.6) is 0 Å². The Bertz CT molecular complexity index is 110. The first-order valence-corrected chi connectivity index (χ1v) is 3.80. The number of rotatable bonds is 4. The Kier molecular flexibility index (Phi) is 4.08. The Morgan fingerprint density at radius 3 is 2.30 bits per heavy atom. The highest BCUT2D eigenvalue weighted by atomic mass is 16.4. The lowest BCUT2D eigenvalue weighted by Gasteiger charge is -2.10. The van der Waals surface area contributed by atoms with Gasteiger partial charge in [0.1, 0.15) is 0 Å². The first kappa shape index (κ1) is 9.47. The van der Waals surface area contributed by atoms with E-state index in [0.717, 1.165) is 12.8 Å². The molecule has 1 N–H and O–H groups in total. The second-order valence-corrected chi connectivity index (χ2v) is 2.99. The van der Waals surface area contributed by atoms with Crippen molar-refractivity contribution < 1.29 is 9.90 Å². The van der Waals surface area contributed by atoms with Gasteiger partial charge in [0, 0.05) is 0 Å². The Morgan fingerprint density at radius 1 is 1.50 bits per heavy atom. The molecule has 1 unspecified atom stereocenters. The summed E-state index contributed by atoms with van der Waals surface area (Å²) in [6, 6.07) is 0. The Balaban J connectivity index is 3.56. The molecule has 0 aliphatic heterocycles. The smallest absolute Gasteiger partial charge is 0.306 e. The van der Waals surface area contributed by atoms with Gasteiger partial charge in [0.2, 0.25) is 0 Å². The van der Waals surface area contributed by atoms with Crippen molar-refractivity contribution in [1.29, 1.82) is 0 Å². The van der Waals surface area contributed by atoms with Crippen molar-refractivity contribution in [3.63, 3.8) is 0 Å². The van der Waals surface area contributed by atoms with Crippen LogP contribution < -0.4 is 0 Å². The van der Waals surface area contributed by atoms with Crippen LogP contribution in [-0.2, 0) is 4.79 Å². The fourth-order valence-corrected chi connectivity index (χ4v) is 0.871. The van der Waals surface area contributed by atoms with Gasteiger partial charge in [-0.25, -0.2) is 0 Å². The summed E-state index contributed by atoms with van der Waals surface area (Å²) in [5.41, 5.74) is 0. The van der Waals surface area contributed by atoms with Crippen molar-refractivity contribution in [2.24, 2.45) is 11.8 Å². The van der Waals surface area contributed by atoms with Gasteiger partial charge >= 0.3 is 5.97 Å². The van der Waals surface area contributed by atoms with E-state index in [2.05, 4.69) is 13.8 Å². The molecule has 0 saturated carbocycles. The normalized spacial score (nSPS) is 16.3. The molecule has 60 valence electrons. The van der Waals surface area contributed by atoms with E-state index in [1.165, 1.54) is 0 Å². The van der Waals surface area contributed by atoms with Crippen LogP contribution in [0.1, 0.15) is 33.6 Å². The number of carboxylic acid groups (broad SMARTS) is 1. The molecule has 0 aliphatic rings. The Morgan fingerprint density at radius 2 is 2.00 bits per heavy atom. The molecule has 2 atom stereocenters. The summed E-state index contributed by atoms with van der Waals surface area (Å²) in [5.74, 6) is -0.332. The van der Waals surface area contributed by atoms with E-state index in [4.69, 9.17) is 5.11 Å². The second-order valence-electron chi connectivity index (χ2n) is 2.99. The summed E-state index contributed by atoms with van der Waals surface area (Å²) < 4.78 is 0. The molecule has 0 aromatic carbocycles. The lowest BCUT2D eigenvalue weighted by atomic mass is 9.96. The van der Waals surface area contributed by atoms with E-state index < -0.39 is 5.97 Å². The van der Waals surface area contributed by atoms with Crippen LogP contribution in [0.15, 0.2) is 0 Å². The van der Waals surface area contributed by atoms with E-state index in [1.807, 2.05) is 0 Å². The van der Waals surface area contributed by atoms with Crippen LogP contribution >= 0.6 is 0 Å². The predicted octanol–water partition coefficient (Wildman–Crippen LogP) is 2.14. The molecule has 0 saturated heterocycles. The Hall–Kier alpha value is -0.530. The zero-order valence-corrected chi connectivity index (χ0v) is 6.92. The molecule has 0 heterocycles. The average molecular weight is 144 g/mol. The van der Waals surface area contributed by atoms with Crippen LogP contribution in [0.4, 0.5) is 0 Å². The minimum Gasteiger partial charge on any atom is -0.481 e. The molecule has 0 aromatic heterocycles. The van der Waals surface area contributed by atoms with Crippen molar-refractivity contribution in [3.05, 3.63) is 0 Å². The molecule has 2 heteroatoms. The second kappa shape index (κ2) is 4.31. The van der Waals surface area contributed by atoms with E-state index in [-0.39, 0.29) is 5.92 Å². The maximum absolute atomic E-state index is 10.4. The highest BCUT2D eigenvalue weighted by Crippen LogP contribution is 2.14. The molecule has 0 aliphatic carbocycles. The number of aliphatic carboxylic acids is 1. The minimum absolute atomic E-state index is 0.185. The molecule has 2 nitrogen and oxygen atoms in total. The monoisotopic (exact) mass is 144 g/mol. The summed E-state index contributed by atoms with van der Waals surface area (Å²) in [4.78, 5) is 10.4. The van der Waals surface area contributed by atoms with Gasteiger partial charge in [-0.2, -0.15) is 0 Å². The lowest BCUT2D eigenvalue weighted by molar-refractivity contribution is -0.141. The largest absolute Gasteiger partial charge is 0.481 e. The third-order valence-electron chi connectivity index (χ3n) is 1.87. The van der Waals surface area contributed by atoms with Gasteiger partial charge in [-0.1, -0.05) is 27.2 Å². The van der Waals surface area contributed by atoms with E-state index >= 15 is 0 Å². The molecule has 0 spiro atoms. The standard InChI is InChI=1S/C8H16O2/c1-4-6(2)5-7(3)8(9)10/h6-7H,4-5H2,1-3H3,(H,9,10)/t6-,7?/m0/s1. The summed E-state index contributed by atoms with van der Waals surface area (Å²) in [6.07, 6.45) is 1.86. The van der Waals surface area contributed by atoms with Gasteiger partial charge < -0.3 is 5.11 Å². The first-order chi connectivity index (χ1) is 4.57. The topological polar surface area (TPSA) is 37.3 Å². The van der Waals surface area contributed by atoms with Crippen LogP contribution in [0.25, 0.3) is 0 Å². The van der Waals surface area contributed by atoms with Gasteiger partial charge in [0.15, 0.2) is 0 Å². The molecule has 0 aromatic rings. The highest BCUT2D eigenvalue weighted by Gasteiger charge is 2.13. The predicted molar refractivity (Wildman–Crippen MR) is 40.9 cm³/mol. The summed E-state index contributed by atoms with van der Waals surface area (Å²) in [7, 11) is 0.